The molecular weight excluding hydrogens is 297 g/mol. The van der Waals surface area contributed by atoms with Gasteiger partial charge in [0.15, 0.2) is 0 Å². The maximum absolute atomic E-state index is 12.7. The van der Waals surface area contributed by atoms with E-state index in [1.807, 2.05) is 0 Å². The number of piperazine rings is 1. The number of aliphatic hydroxyl groups is 1. The van der Waals surface area contributed by atoms with Crippen LogP contribution in [0.3, 0.4) is 0 Å². The molecule has 0 unspecified atom stereocenters. The molecule has 1 N–H and O–H groups in total. The summed E-state index contributed by atoms with van der Waals surface area (Å²) in [6.45, 7) is 3.21. The minimum absolute atomic E-state index is 0.0682. The average molecular weight is 316 g/mol. The van der Waals surface area contributed by atoms with Gasteiger partial charge in [0.25, 0.3) is 5.91 Å². The molecule has 2 rings (SSSR count). The normalized spacial score (nSPS) is 16.8. The van der Waals surface area contributed by atoms with Gasteiger partial charge < -0.3 is 10.0 Å². The molecule has 7 heteroatoms. The number of alkyl halides is 3. The van der Waals surface area contributed by atoms with E-state index in [9.17, 15) is 18.0 Å². The van der Waals surface area contributed by atoms with E-state index < -0.39 is 11.7 Å². The summed E-state index contributed by atoms with van der Waals surface area (Å²) in [5.74, 6) is -0.368. The molecule has 4 nitrogen and oxygen atoms in total. The molecule has 1 aliphatic heterocycles. The van der Waals surface area contributed by atoms with Crippen LogP contribution in [0.4, 0.5) is 13.2 Å². The van der Waals surface area contributed by atoms with Crippen LogP contribution in [0.5, 0.6) is 0 Å². The molecule has 0 atom stereocenters. The van der Waals surface area contributed by atoms with Crippen molar-refractivity contribution in [1.29, 1.82) is 0 Å². The van der Waals surface area contributed by atoms with Crippen molar-refractivity contribution < 1.29 is 23.1 Å². The Morgan fingerprint density at radius 3 is 2.45 bits per heavy atom. The number of halogens is 3. The van der Waals surface area contributed by atoms with Crippen molar-refractivity contribution in [3.05, 3.63) is 35.4 Å². The summed E-state index contributed by atoms with van der Waals surface area (Å²) < 4.78 is 38.1. The maximum Gasteiger partial charge on any atom is 0.416 e. The Morgan fingerprint density at radius 1 is 1.18 bits per heavy atom. The van der Waals surface area contributed by atoms with Crippen LogP contribution in [0.25, 0.3) is 0 Å². The van der Waals surface area contributed by atoms with Crippen molar-refractivity contribution in [2.24, 2.45) is 0 Å². The van der Waals surface area contributed by atoms with Crippen molar-refractivity contribution in [3.63, 3.8) is 0 Å². The van der Waals surface area contributed by atoms with Crippen molar-refractivity contribution in [2.75, 3.05) is 39.3 Å². The van der Waals surface area contributed by atoms with E-state index in [4.69, 9.17) is 5.11 Å². The molecule has 1 heterocycles. The van der Waals surface area contributed by atoms with E-state index in [1.165, 1.54) is 12.1 Å². The van der Waals surface area contributed by atoms with E-state index in [2.05, 4.69) is 4.90 Å². The number of rotatable bonds is 4. The Bertz CT molecular complexity index is 512. The molecule has 0 spiro atoms. The molecular formula is C15H19F3N2O2. The third kappa shape index (κ3) is 4.20. The molecule has 1 saturated heterocycles. The molecule has 1 aromatic rings. The average Bonchev–Trinajstić information content (AvgIpc) is 2.52. The second-order valence-corrected chi connectivity index (χ2v) is 5.29. The number of hydrogen-bond acceptors (Lipinski definition) is 3. The van der Waals surface area contributed by atoms with Gasteiger partial charge in [-0.15, -0.1) is 0 Å². The first kappa shape index (κ1) is 16.8. The summed E-state index contributed by atoms with van der Waals surface area (Å²) in [4.78, 5) is 16.0. The lowest BCUT2D eigenvalue weighted by Crippen LogP contribution is -2.48. The summed E-state index contributed by atoms with van der Waals surface area (Å²) in [5, 5.41) is 8.79. The van der Waals surface area contributed by atoms with E-state index in [-0.39, 0.29) is 18.1 Å². The minimum atomic E-state index is -4.45. The zero-order valence-corrected chi connectivity index (χ0v) is 12.1. The third-order valence-electron chi connectivity index (χ3n) is 3.73. The lowest BCUT2D eigenvalue weighted by Gasteiger charge is -2.34. The van der Waals surface area contributed by atoms with Crippen molar-refractivity contribution >= 4 is 5.91 Å². The predicted molar refractivity (Wildman–Crippen MR) is 75.5 cm³/mol. The van der Waals surface area contributed by atoms with Gasteiger partial charge in [0, 0.05) is 44.9 Å². The zero-order chi connectivity index (χ0) is 16.2. The molecule has 0 saturated carbocycles. The largest absolute Gasteiger partial charge is 0.416 e. The van der Waals surface area contributed by atoms with Gasteiger partial charge in [-0.3, -0.25) is 9.69 Å². The van der Waals surface area contributed by atoms with Crippen LogP contribution in [-0.2, 0) is 6.18 Å². The van der Waals surface area contributed by atoms with Gasteiger partial charge in [-0.05, 0) is 24.6 Å². The number of amides is 1. The van der Waals surface area contributed by atoms with Crippen molar-refractivity contribution in [2.45, 2.75) is 12.6 Å². The third-order valence-corrected chi connectivity index (χ3v) is 3.73. The first-order valence-electron chi connectivity index (χ1n) is 7.21. The molecule has 1 fully saturated rings. The second-order valence-electron chi connectivity index (χ2n) is 5.29. The topological polar surface area (TPSA) is 43.8 Å². The SMILES string of the molecule is O=C(c1cccc(C(F)(F)F)c1)N1CCN(CCCO)CC1. The van der Waals surface area contributed by atoms with E-state index in [0.29, 0.717) is 32.6 Å². The summed E-state index contributed by atoms with van der Waals surface area (Å²) in [5.41, 5.74) is -0.737. The highest BCUT2D eigenvalue weighted by Gasteiger charge is 2.31. The molecule has 0 aromatic heterocycles. The van der Waals surface area contributed by atoms with Gasteiger partial charge in [-0.2, -0.15) is 13.2 Å². The Balaban J connectivity index is 1.98. The highest BCUT2D eigenvalue weighted by atomic mass is 19.4. The number of carbonyl (C=O) groups is 1. The summed E-state index contributed by atoms with van der Waals surface area (Å²) in [6.07, 6.45) is -3.76. The lowest BCUT2D eigenvalue weighted by molar-refractivity contribution is -0.137. The number of nitrogens with zero attached hydrogens (tertiary/aromatic N) is 2. The zero-order valence-electron chi connectivity index (χ0n) is 12.1. The highest BCUT2D eigenvalue weighted by Crippen LogP contribution is 2.29. The molecule has 1 aliphatic rings. The molecule has 122 valence electrons. The Kier molecular flexibility index (Phi) is 5.42. The van der Waals surface area contributed by atoms with Gasteiger partial charge in [-0.1, -0.05) is 6.07 Å². The number of benzene rings is 1. The van der Waals surface area contributed by atoms with E-state index in [0.717, 1.165) is 18.7 Å². The Hall–Kier alpha value is -1.60. The fraction of sp³-hybridized carbons (Fsp3) is 0.533. The summed E-state index contributed by atoms with van der Waals surface area (Å²) in [7, 11) is 0. The molecule has 22 heavy (non-hydrogen) atoms. The second kappa shape index (κ2) is 7.11. The van der Waals surface area contributed by atoms with Gasteiger partial charge in [0.05, 0.1) is 5.56 Å². The molecule has 1 aromatic carbocycles. The number of hydrogen-bond donors (Lipinski definition) is 1. The Morgan fingerprint density at radius 2 is 1.86 bits per heavy atom. The lowest BCUT2D eigenvalue weighted by atomic mass is 10.1. The fourth-order valence-corrected chi connectivity index (χ4v) is 2.48. The standard InChI is InChI=1S/C15H19F3N2O2/c16-15(17,18)13-4-1-3-12(11-13)14(22)20-8-6-19(7-9-20)5-2-10-21/h1,3-4,11,21H,2,5-10H2. The van der Waals surface area contributed by atoms with Crippen LogP contribution < -0.4 is 0 Å². The van der Waals surface area contributed by atoms with Crippen molar-refractivity contribution in [3.8, 4) is 0 Å². The molecule has 0 bridgehead atoms. The smallest absolute Gasteiger partial charge is 0.396 e. The van der Waals surface area contributed by atoms with Crippen LogP contribution in [-0.4, -0.2) is 60.1 Å². The minimum Gasteiger partial charge on any atom is -0.396 e. The summed E-state index contributed by atoms with van der Waals surface area (Å²) in [6, 6.07) is 4.54. The Labute approximate surface area is 127 Å². The first-order chi connectivity index (χ1) is 10.4. The van der Waals surface area contributed by atoms with E-state index in [1.54, 1.807) is 4.90 Å². The predicted octanol–water partition coefficient (Wildman–Crippen LogP) is 1.85. The fourth-order valence-electron chi connectivity index (χ4n) is 2.48. The van der Waals surface area contributed by atoms with E-state index >= 15 is 0 Å². The monoisotopic (exact) mass is 316 g/mol. The van der Waals surface area contributed by atoms with Crippen LogP contribution in [0.15, 0.2) is 24.3 Å². The quantitative estimate of drug-likeness (QED) is 0.922. The van der Waals surface area contributed by atoms with Crippen LogP contribution >= 0.6 is 0 Å². The number of aliphatic hydroxyl groups excluding tert-OH is 1. The van der Waals surface area contributed by atoms with Gasteiger partial charge in [0.2, 0.25) is 0 Å². The van der Waals surface area contributed by atoms with Gasteiger partial charge in [0.1, 0.15) is 0 Å². The van der Waals surface area contributed by atoms with Crippen molar-refractivity contribution in [1.82, 2.24) is 9.80 Å². The van der Waals surface area contributed by atoms with Crippen LogP contribution in [0.1, 0.15) is 22.3 Å². The van der Waals surface area contributed by atoms with Gasteiger partial charge in [-0.25, -0.2) is 0 Å². The summed E-state index contributed by atoms with van der Waals surface area (Å²) >= 11 is 0. The molecule has 0 aliphatic carbocycles. The highest BCUT2D eigenvalue weighted by molar-refractivity contribution is 5.94. The maximum atomic E-state index is 12.7. The first-order valence-corrected chi connectivity index (χ1v) is 7.21. The van der Waals surface area contributed by atoms with Crippen LogP contribution in [0, 0.1) is 0 Å². The van der Waals surface area contributed by atoms with Gasteiger partial charge >= 0.3 is 6.18 Å². The molecule has 0 radical (unpaired) electrons. The molecule has 1 amide bonds. The number of carbonyl (C=O) groups excluding carboxylic acids is 1. The van der Waals surface area contributed by atoms with Crippen LogP contribution in [0.2, 0.25) is 0 Å².